The van der Waals surface area contributed by atoms with E-state index in [0.29, 0.717) is 22.9 Å². The predicted octanol–water partition coefficient (Wildman–Crippen LogP) is 4.85. The average molecular weight is 431 g/mol. The van der Waals surface area contributed by atoms with Crippen molar-refractivity contribution in [3.63, 3.8) is 0 Å². The molecular weight excluding hydrogens is 417 g/mol. The average Bonchev–Trinajstić information content (AvgIpc) is 3.12. The Labute approximate surface area is 166 Å². The van der Waals surface area contributed by atoms with Gasteiger partial charge in [0.1, 0.15) is 0 Å². The molecule has 2 aromatic carbocycles. The summed E-state index contributed by atoms with van der Waals surface area (Å²) in [7, 11) is 9.53. The fraction of sp³-hybridized carbons (Fsp3) is 0. The summed E-state index contributed by atoms with van der Waals surface area (Å²) >= 11 is 0.194. The quantitative estimate of drug-likeness (QED) is 0.319. The zero-order chi connectivity index (χ0) is 18.5. The van der Waals surface area contributed by atoms with Crippen LogP contribution >= 0.6 is 20.2 Å². The van der Waals surface area contributed by atoms with Gasteiger partial charge in [-0.3, -0.25) is 0 Å². The van der Waals surface area contributed by atoms with E-state index in [4.69, 9.17) is 29.9 Å². The zero-order valence-electron chi connectivity index (χ0n) is 13.4. The molecule has 0 N–H and O–H groups in total. The molecule has 0 aliphatic heterocycles. The van der Waals surface area contributed by atoms with Gasteiger partial charge in [-0.25, -0.2) is 0 Å². The van der Waals surface area contributed by atoms with Crippen LogP contribution in [0.4, 0.5) is 0 Å². The topological polar surface area (TPSA) is 57.3 Å². The van der Waals surface area contributed by atoms with Gasteiger partial charge in [-0.05, 0) is 24.3 Å². The predicted molar refractivity (Wildman–Crippen MR) is 101 cm³/mol. The van der Waals surface area contributed by atoms with E-state index in [-0.39, 0.29) is 13.1 Å². The Hall–Kier alpha value is -2.24. The molecule has 0 unspecified atom stereocenters. The number of halogens is 2. The van der Waals surface area contributed by atoms with Crippen LogP contribution in [0.2, 0.25) is 0 Å². The monoisotopic (exact) mass is 430 g/mol. The van der Waals surface area contributed by atoms with Crippen molar-refractivity contribution in [2.75, 3.05) is 0 Å². The van der Waals surface area contributed by atoms with Gasteiger partial charge < -0.3 is 14.7 Å². The van der Waals surface area contributed by atoms with Gasteiger partial charge in [0.05, 0.1) is 12.4 Å². The zero-order valence-corrected chi connectivity index (χ0v) is 16.0. The van der Waals surface area contributed by atoms with E-state index in [2.05, 4.69) is 15.3 Å². The molecule has 1 heterocycles. The van der Waals surface area contributed by atoms with Crippen molar-refractivity contribution < 1.29 is 22.8 Å². The maximum atomic E-state index is 5.23. The van der Waals surface area contributed by atoms with E-state index in [1.807, 2.05) is 72.8 Å². The van der Waals surface area contributed by atoms with Crippen molar-refractivity contribution in [3.8, 4) is 11.5 Å². The van der Waals surface area contributed by atoms with Crippen LogP contribution in [0.5, 0.6) is 11.5 Å². The van der Waals surface area contributed by atoms with Gasteiger partial charge in [0.2, 0.25) is 0 Å². The standard InChI is InChI=1S/C18H14N3O2.2ClH.Fe/c1-3-7-17(8-4-1)22-19-13-15-11-12-16(21-15)14-20-23-18-9-5-2-6-10-18;;;/h1-14H;2*1H;/q-1;;;+3/p-2/b19-13+,20-14+;;;. The third-order valence-electron chi connectivity index (χ3n) is 2.86. The van der Waals surface area contributed by atoms with E-state index < -0.39 is 0 Å². The number of aromatic nitrogens is 1. The van der Waals surface area contributed by atoms with Crippen molar-refractivity contribution in [1.29, 1.82) is 0 Å². The summed E-state index contributed by atoms with van der Waals surface area (Å²) in [4.78, 5) is 14.8. The molecular formula is C18H14Cl2FeN3O2. The fourth-order valence-electron chi connectivity index (χ4n) is 1.78. The normalized spacial score (nSPS) is 10.5. The van der Waals surface area contributed by atoms with Crippen LogP contribution in [0.1, 0.15) is 11.4 Å². The first kappa shape index (κ1) is 20.1. The Bertz CT molecular complexity index is 746. The number of hydrogen-bond acceptors (Lipinski definition) is 4. The number of para-hydroxylation sites is 2. The number of benzene rings is 2. The van der Waals surface area contributed by atoms with E-state index in [1.54, 1.807) is 12.4 Å². The first-order valence-electron chi connectivity index (χ1n) is 7.31. The first-order chi connectivity index (χ1) is 12.8. The van der Waals surface area contributed by atoms with Gasteiger partial charge in [-0.1, -0.05) is 58.8 Å². The van der Waals surface area contributed by atoms with Crippen LogP contribution in [0.25, 0.3) is 0 Å². The summed E-state index contributed by atoms with van der Waals surface area (Å²) in [5.74, 6) is 1.35. The van der Waals surface area contributed by atoms with Gasteiger partial charge in [-0.2, -0.15) is 0 Å². The molecule has 135 valence electrons. The molecule has 0 atom stereocenters. The Morgan fingerprint density at radius 3 is 1.46 bits per heavy atom. The number of nitrogens with zero attached hydrogens (tertiary/aromatic N) is 3. The van der Waals surface area contributed by atoms with Gasteiger partial charge in [0.15, 0.2) is 11.5 Å². The van der Waals surface area contributed by atoms with Crippen LogP contribution in [-0.4, -0.2) is 12.4 Å². The van der Waals surface area contributed by atoms with Gasteiger partial charge in [-0.15, -0.1) is 11.4 Å². The van der Waals surface area contributed by atoms with Crippen molar-refractivity contribution in [2.45, 2.75) is 0 Å². The van der Waals surface area contributed by atoms with E-state index in [1.165, 1.54) is 0 Å². The molecule has 0 spiro atoms. The maximum absolute atomic E-state index is 5.23. The molecule has 26 heavy (non-hydrogen) atoms. The second kappa shape index (κ2) is 12.2. The summed E-state index contributed by atoms with van der Waals surface area (Å²) < 4.78 is 0. The van der Waals surface area contributed by atoms with Gasteiger partial charge >= 0.3 is 33.3 Å². The molecule has 0 saturated carbocycles. The summed E-state index contributed by atoms with van der Waals surface area (Å²) in [6.45, 7) is 0. The minimum atomic E-state index is 0.194. The van der Waals surface area contributed by atoms with Gasteiger partial charge in [0.25, 0.3) is 0 Å². The first-order valence-corrected chi connectivity index (χ1v) is 10.4. The third-order valence-corrected chi connectivity index (χ3v) is 2.86. The van der Waals surface area contributed by atoms with E-state index >= 15 is 0 Å². The molecule has 0 aliphatic rings. The molecule has 0 radical (unpaired) electrons. The molecule has 8 heteroatoms. The number of hydrogen-bond donors (Lipinski definition) is 0. The molecule has 0 saturated heterocycles. The summed E-state index contributed by atoms with van der Waals surface area (Å²) in [5, 5.41) is 7.78. The summed E-state index contributed by atoms with van der Waals surface area (Å²) in [5.41, 5.74) is 1.36. The second-order valence-electron chi connectivity index (χ2n) is 4.62. The molecule has 3 aromatic rings. The molecule has 5 nitrogen and oxygen atoms in total. The van der Waals surface area contributed by atoms with Crippen molar-refractivity contribution >= 4 is 32.6 Å². The summed E-state index contributed by atoms with van der Waals surface area (Å²) in [6, 6.07) is 22.3. The molecule has 1 aromatic heterocycles. The Balaban J connectivity index is 0.000000758. The second-order valence-corrected chi connectivity index (χ2v) is 6.45. The Morgan fingerprint density at radius 2 is 1.08 bits per heavy atom. The van der Waals surface area contributed by atoms with Gasteiger partial charge in [0, 0.05) is 0 Å². The minimum absolute atomic E-state index is 0.194. The number of rotatable bonds is 6. The molecule has 0 fully saturated rings. The van der Waals surface area contributed by atoms with Crippen LogP contribution in [-0.2, 0) is 13.1 Å². The molecule has 0 aliphatic carbocycles. The van der Waals surface area contributed by atoms with Crippen molar-refractivity contribution in [3.05, 3.63) is 84.2 Å². The molecule has 0 amide bonds. The Morgan fingerprint density at radius 1 is 0.692 bits per heavy atom. The van der Waals surface area contributed by atoms with Crippen molar-refractivity contribution in [2.24, 2.45) is 10.3 Å². The number of oxime groups is 2. The summed E-state index contributed by atoms with van der Waals surface area (Å²) in [6.07, 6.45) is 3.09. The van der Waals surface area contributed by atoms with Crippen LogP contribution in [0, 0.1) is 0 Å². The van der Waals surface area contributed by atoms with Crippen molar-refractivity contribution in [1.82, 2.24) is 4.98 Å². The molecule has 0 bridgehead atoms. The van der Waals surface area contributed by atoms with Crippen LogP contribution in [0.15, 0.2) is 83.1 Å². The third kappa shape index (κ3) is 7.76. The Kier molecular flexibility index (Phi) is 9.40. The SMILES string of the molecule is C(=N\Oc1ccccc1)/c1ccc(/C=N/Oc2ccccc2)[n-]1.[Cl][Fe+][Cl]. The molecule has 3 rings (SSSR count). The van der Waals surface area contributed by atoms with Crippen LogP contribution < -0.4 is 14.7 Å². The van der Waals surface area contributed by atoms with Crippen LogP contribution in [0.3, 0.4) is 0 Å². The van der Waals surface area contributed by atoms with E-state index in [0.717, 1.165) is 0 Å². The fourth-order valence-corrected chi connectivity index (χ4v) is 1.78. The van der Waals surface area contributed by atoms with E-state index in [9.17, 15) is 0 Å².